The van der Waals surface area contributed by atoms with E-state index in [2.05, 4.69) is 318 Å². The molecule has 0 aliphatic rings. The van der Waals surface area contributed by atoms with Gasteiger partial charge in [0.25, 0.3) is 0 Å². The molecule has 0 radical (unpaired) electrons. The van der Waals surface area contributed by atoms with E-state index in [0.717, 1.165) is 164 Å². The van der Waals surface area contributed by atoms with Crippen LogP contribution in [0.5, 0.6) is 34.5 Å². The Morgan fingerprint density at radius 3 is 0.585 bits per heavy atom. The molecule has 0 atom stereocenters. The molecule has 12 nitrogen and oxygen atoms in total. The van der Waals surface area contributed by atoms with Crippen LogP contribution in [-0.2, 0) is 0 Å². The number of nitrogens with zero attached hydrogens (tertiary/aromatic N) is 6. The SMILES string of the molecule is COc1ccc(-c2cc(-c3ccc(N(c4ccccc4)c4ccccc4)cc3)cc(-c3ccc(OC)cc3)n2)cc1.COc1ccc(-c2cc(-c3ccc(N(c4ccccc4)c4ccccc4)cc3)cc(-c3ccc(OC)cc3OC)n2)c(OC)c1.c1ccc(-c2cc(-c3ccc(N(c4ccccc4)c4ccccc4)cc3)cc(-c3ccccc3)n2)cc1. The summed E-state index contributed by atoms with van der Waals surface area (Å²) in [5.74, 6) is 4.39. The van der Waals surface area contributed by atoms with Gasteiger partial charge in [-0.2, -0.15) is 0 Å². The van der Waals surface area contributed by atoms with Gasteiger partial charge >= 0.3 is 0 Å². The zero-order valence-electron chi connectivity index (χ0n) is 69.2. The van der Waals surface area contributed by atoms with Gasteiger partial charge in [-0.3, -0.25) is 0 Å². The lowest BCUT2D eigenvalue weighted by Crippen LogP contribution is -2.09. The van der Waals surface area contributed by atoms with Crippen molar-refractivity contribution in [2.75, 3.05) is 57.4 Å². The second-order valence-corrected chi connectivity index (χ2v) is 28.9. The van der Waals surface area contributed by atoms with E-state index in [4.69, 9.17) is 43.4 Å². The van der Waals surface area contributed by atoms with Gasteiger partial charge in [-0.15, -0.1) is 0 Å². The van der Waals surface area contributed by atoms with Gasteiger partial charge in [0.15, 0.2) is 0 Å². The van der Waals surface area contributed by atoms with Gasteiger partial charge in [0.05, 0.1) is 76.8 Å². The summed E-state index contributed by atoms with van der Waals surface area (Å²) in [6.45, 7) is 0. The second-order valence-electron chi connectivity index (χ2n) is 28.9. The van der Waals surface area contributed by atoms with Crippen molar-refractivity contribution in [3.05, 3.63) is 437 Å². The minimum atomic E-state index is 0.670. The van der Waals surface area contributed by atoms with Crippen molar-refractivity contribution in [1.29, 1.82) is 0 Å². The van der Waals surface area contributed by atoms with Gasteiger partial charge in [0.2, 0.25) is 0 Å². The summed E-state index contributed by atoms with van der Waals surface area (Å²) in [7, 11) is 9.94. The highest BCUT2D eigenvalue weighted by atomic mass is 16.5. The van der Waals surface area contributed by atoms with Crippen LogP contribution < -0.4 is 43.1 Å². The highest BCUT2D eigenvalue weighted by Crippen LogP contribution is 2.44. The first-order valence-electron chi connectivity index (χ1n) is 40.6. The minimum absolute atomic E-state index is 0.670. The quantitative estimate of drug-likeness (QED) is 0.0575. The highest BCUT2D eigenvalue weighted by Gasteiger charge is 2.21. The fourth-order valence-corrected chi connectivity index (χ4v) is 14.9. The van der Waals surface area contributed by atoms with Gasteiger partial charge < -0.3 is 43.1 Å². The maximum atomic E-state index is 5.77. The molecule has 0 fully saturated rings. The highest BCUT2D eigenvalue weighted by molar-refractivity contribution is 5.87. The van der Waals surface area contributed by atoms with Gasteiger partial charge in [-0.25, -0.2) is 15.0 Å². The molecule has 18 rings (SSSR count). The average molecular weight is 1600 g/mol. The Hall–Kier alpha value is -16.1. The summed E-state index contributed by atoms with van der Waals surface area (Å²) in [4.78, 5) is 22.0. The zero-order chi connectivity index (χ0) is 84.1. The molecule has 0 N–H and O–H groups in total. The normalized spacial score (nSPS) is 10.7. The smallest absolute Gasteiger partial charge is 0.131 e. The molecule has 0 saturated carbocycles. The fraction of sp³-hybridized carbons (Fsp3) is 0.0541. The lowest BCUT2D eigenvalue weighted by molar-refractivity contribution is 0.395. The van der Waals surface area contributed by atoms with Gasteiger partial charge in [-0.05, 0) is 252 Å². The van der Waals surface area contributed by atoms with Crippen LogP contribution in [0.1, 0.15) is 0 Å². The zero-order valence-corrected chi connectivity index (χ0v) is 69.2. The van der Waals surface area contributed by atoms with Crippen molar-refractivity contribution in [2.24, 2.45) is 0 Å². The molecule has 0 spiro atoms. The molecule has 18 aromatic rings. The van der Waals surface area contributed by atoms with Crippen LogP contribution in [0, 0.1) is 0 Å². The van der Waals surface area contributed by atoms with Gasteiger partial charge in [0, 0.05) is 96.7 Å². The second kappa shape index (κ2) is 39.0. The third kappa shape index (κ3) is 19.2. The number of rotatable bonds is 24. The number of methoxy groups -OCH3 is 6. The number of benzene rings is 15. The average Bonchev–Trinajstić information content (AvgIpc) is 0.814. The Labute approximate surface area is 719 Å². The maximum Gasteiger partial charge on any atom is 0.131 e. The first-order chi connectivity index (χ1) is 60.7. The van der Waals surface area contributed by atoms with Crippen LogP contribution >= 0.6 is 0 Å². The maximum absolute atomic E-state index is 5.77. The fourth-order valence-electron chi connectivity index (χ4n) is 14.9. The molecule has 123 heavy (non-hydrogen) atoms. The molecule has 0 saturated heterocycles. The van der Waals surface area contributed by atoms with Crippen LogP contribution in [0.2, 0.25) is 0 Å². The number of aromatic nitrogens is 3. The molecule has 0 unspecified atom stereocenters. The van der Waals surface area contributed by atoms with Crippen LogP contribution in [0.25, 0.3) is 101 Å². The number of pyridine rings is 3. The van der Waals surface area contributed by atoms with Crippen molar-refractivity contribution in [1.82, 2.24) is 15.0 Å². The summed E-state index contributed by atoms with van der Waals surface area (Å²) in [6.07, 6.45) is 0. The number of hydrogen-bond donors (Lipinski definition) is 0. The van der Waals surface area contributed by atoms with E-state index in [1.165, 1.54) is 0 Å². The minimum Gasteiger partial charge on any atom is -0.497 e. The summed E-state index contributed by atoms with van der Waals surface area (Å²) < 4.78 is 33.2. The monoisotopic (exact) mass is 1600 g/mol. The Morgan fingerprint density at radius 1 is 0.154 bits per heavy atom. The summed E-state index contributed by atoms with van der Waals surface area (Å²) >= 11 is 0. The van der Waals surface area contributed by atoms with Crippen molar-refractivity contribution >= 4 is 51.2 Å². The van der Waals surface area contributed by atoms with Crippen LogP contribution in [-0.4, -0.2) is 57.6 Å². The molecular weight excluding hydrogens is 1510 g/mol. The van der Waals surface area contributed by atoms with Crippen LogP contribution in [0.15, 0.2) is 437 Å². The van der Waals surface area contributed by atoms with Crippen molar-refractivity contribution in [3.8, 4) is 135 Å². The lowest BCUT2D eigenvalue weighted by Gasteiger charge is -2.25. The van der Waals surface area contributed by atoms with Crippen molar-refractivity contribution < 1.29 is 28.4 Å². The summed E-state index contributed by atoms with van der Waals surface area (Å²) in [6, 6.07) is 150. The van der Waals surface area contributed by atoms with E-state index in [9.17, 15) is 0 Å². The molecule has 15 aromatic carbocycles. The molecule has 0 aliphatic heterocycles. The van der Waals surface area contributed by atoms with E-state index >= 15 is 0 Å². The summed E-state index contributed by atoms with van der Waals surface area (Å²) in [5.41, 5.74) is 27.7. The third-order valence-corrected chi connectivity index (χ3v) is 21.2. The number of para-hydroxylation sites is 6. The van der Waals surface area contributed by atoms with E-state index < -0.39 is 0 Å². The number of ether oxygens (including phenoxy) is 6. The molecule has 0 bridgehead atoms. The first kappa shape index (κ1) is 80.7. The Balaban J connectivity index is 0.000000137. The van der Waals surface area contributed by atoms with Crippen molar-refractivity contribution in [2.45, 2.75) is 0 Å². The number of hydrogen-bond acceptors (Lipinski definition) is 12. The van der Waals surface area contributed by atoms with E-state index in [0.29, 0.717) is 23.0 Å². The molecular formula is C111H90N6O6. The van der Waals surface area contributed by atoms with Crippen molar-refractivity contribution in [3.63, 3.8) is 0 Å². The largest absolute Gasteiger partial charge is 0.497 e. The Kier molecular flexibility index (Phi) is 25.6. The standard InChI is InChI=1S/C39H34N2O4.C37H30N2O2.C35H26N2/c1-42-32-19-21-34(38(25-32)44-3)36-23-28(24-37(40-36)35-22-20-33(43-2)26-39(35)45-4)27-15-17-31(18-16-27)41(29-11-7-5-8-12-29)30-13-9-6-10-14-30;1-40-34-21-15-28(16-22-34)36-25-30(26-37(38-36)29-17-23-35(41-2)24-18-29)27-13-19-33(20-14-27)39(31-9-5-3-6-10-31)32-11-7-4-8-12-32;1-5-13-28(14-6-1)34-25-30(26-35(36-34)29-15-7-2-8-16-29)27-21-23-33(24-22-27)37(31-17-9-3-10-18-31)32-19-11-4-12-20-32/h5-26H,1-4H3;3-26H,1-2H3;1-26H. The van der Waals surface area contributed by atoms with Crippen LogP contribution in [0.4, 0.5) is 51.2 Å². The van der Waals surface area contributed by atoms with E-state index in [1.54, 1.807) is 42.7 Å². The van der Waals surface area contributed by atoms with E-state index in [1.807, 2.05) is 133 Å². The molecule has 3 aromatic heterocycles. The Morgan fingerprint density at radius 2 is 0.350 bits per heavy atom. The first-order valence-corrected chi connectivity index (χ1v) is 40.6. The van der Waals surface area contributed by atoms with E-state index in [-0.39, 0.29) is 0 Å². The third-order valence-electron chi connectivity index (χ3n) is 21.2. The van der Waals surface area contributed by atoms with Gasteiger partial charge in [-0.1, -0.05) is 206 Å². The van der Waals surface area contributed by atoms with Gasteiger partial charge in [0.1, 0.15) is 34.5 Å². The lowest BCUT2D eigenvalue weighted by atomic mass is 9.98. The molecule has 3 heterocycles. The Bertz CT molecular complexity index is 6130. The molecule has 0 amide bonds. The number of anilines is 9. The molecule has 12 heteroatoms. The predicted molar refractivity (Wildman–Crippen MR) is 505 cm³/mol. The predicted octanol–water partition coefficient (Wildman–Crippen LogP) is 28.7. The molecule has 0 aliphatic carbocycles. The van der Waals surface area contributed by atoms with Crippen LogP contribution in [0.3, 0.4) is 0 Å². The summed E-state index contributed by atoms with van der Waals surface area (Å²) in [5, 5.41) is 0. The topological polar surface area (TPSA) is 104 Å². The molecule has 600 valence electrons.